The second-order valence-electron chi connectivity index (χ2n) is 4.13. The number of ether oxygens (including phenoxy) is 1. The van der Waals surface area contributed by atoms with E-state index in [1.54, 1.807) is 0 Å². The molecule has 2 rings (SSSR count). The van der Waals surface area contributed by atoms with Gasteiger partial charge in [-0.15, -0.1) is 0 Å². The first kappa shape index (κ1) is 10.6. The predicted octanol–water partition coefficient (Wildman–Crippen LogP) is 0.730. The molecule has 2 heterocycles. The van der Waals surface area contributed by atoms with Crippen LogP contribution in [-0.4, -0.2) is 35.6 Å². The fourth-order valence-electron chi connectivity index (χ4n) is 2.14. The molecule has 0 amide bonds. The predicted molar refractivity (Wildman–Crippen MR) is 58.7 cm³/mol. The third-order valence-corrected chi connectivity index (χ3v) is 2.98. The van der Waals surface area contributed by atoms with Gasteiger partial charge in [-0.1, -0.05) is 0 Å². The first-order chi connectivity index (χ1) is 7.29. The van der Waals surface area contributed by atoms with Crippen molar-refractivity contribution in [2.24, 2.45) is 7.05 Å². The minimum absolute atomic E-state index is 0.358. The zero-order valence-corrected chi connectivity index (χ0v) is 9.44. The molecule has 2 unspecified atom stereocenters. The fraction of sp³-hybridized carbons (Fsp3) is 0.727. The maximum atomic E-state index is 5.69. The van der Waals surface area contributed by atoms with Gasteiger partial charge in [0.15, 0.2) is 0 Å². The molecule has 1 aliphatic rings. The number of nitrogens with zero attached hydrogens (tertiary/aromatic N) is 2. The van der Waals surface area contributed by atoms with Crippen molar-refractivity contribution in [2.75, 3.05) is 13.7 Å². The molecular formula is C11H19N3O. The number of likely N-dealkylation sites (N-methyl/N-ethyl adjacent to an activating group) is 1. The summed E-state index contributed by atoms with van der Waals surface area (Å²) in [6.45, 7) is 0.908. The van der Waals surface area contributed by atoms with Crippen molar-refractivity contribution < 1.29 is 4.74 Å². The van der Waals surface area contributed by atoms with Crippen molar-refractivity contribution >= 4 is 0 Å². The van der Waals surface area contributed by atoms with Gasteiger partial charge in [-0.3, -0.25) is 4.68 Å². The van der Waals surface area contributed by atoms with E-state index in [2.05, 4.69) is 16.5 Å². The van der Waals surface area contributed by atoms with Crippen molar-refractivity contribution in [3.8, 4) is 0 Å². The topological polar surface area (TPSA) is 39.1 Å². The largest absolute Gasteiger partial charge is 0.377 e. The summed E-state index contributed by atoms with van der Waals surface area (Å²) in [5.41, 5.74) is 1.13. The van der Waals surface area contributed by atoms with Crippen LogP contribution < -0.4 is 5.32 Å². The minimum atomic E-state index is 0.358. The van der Waals surface area contributed by atoms with E-state index < -0.39 is 0 Å². The summed E-state index contributed by atoms with van der Waals surface area (Å²) in [5, 5.41) is 7.72. The quantitative estimate of drug-likeness (QED) is 0.794. The van der Waals surface area contributed by atoms with E-state index in [1.807, 2.05) is 25.0 Å². The third-order valence-electron chi connectivity index (χ3n) is 2.98. The Kier molecular flexibility index (Phi) is 3.38. The number of aromatic nitrogens is 2. The molecule has 1 aliphatic heterocycles. The lowest BCUT2D eigenvalue weighted by Crippen LogP contribution is -2.39. The SMILES string of the molecule is CNC(Cc1ccn(C)n1)C1CCCO1. The summed E-state index contributed by atoms with van der Waals surface area (Å²) in [6, 6.07) is 2.46. The summed E-state index contributed by atoms with van der Waals surface area (Å²) in [4.78, 5) is 0. The molecule has 4 heteroatoms. The summed E-state index contributed by atoms with van der Waals surface area (Å²) >= 11 is 0. The smallest absolute Gasteiger partial charge is 0.0732 e. The Labute approximate surface area is 90.6 Å². The van der Waals surface area contributed by atoms with Crippen LogP contribution in [-0.2, 0) is 18.2 Å². The maximum Gasteiger partial charge on any atom is 0.0732 e. The van der Waals surface area contributed by atoms with Gasteiger partial charge in [0.1, 0.15) is 0 Å². The number of nitrogens with one attached hydrogen (secondary N) is 1. The zero-order valence-electron chi connectivity index (χ0n) is 9.44. The third kappa shape index (κ3) is 2.58. The second-order valence-corrected chi connectivity index (χ2v) is 4.13. The van der Waals surface area contributed by atoms with Crippen molar-refractivity contribution in [3.05, 3.63) is 18.0 Å². The number of hydrogen-bond acceptors (Lipinski definition) is 3. The molecule has 0 radical (unpaired) electrons. The van der Waals surface area contributed by atoms with E-state index in [9.17, 15) is 0 Å². The molecular weight excluding hydrogens is 190 g/mol. The molecule has 1 aromatic heterocycles. The molecule has 15 heavy (non-hydrogen) atoms. The Balaban J connectivity index is 1.95. The van der Waals surface area contributed by atoms with Crippen molar-refractivity contribution in [2.45, 2.75) is 31.4 Å². The summed E-state index contributed by atoms with van der Waals surface area (Å²) in [5.74, 6) is 0. The Morgan fingerprint density at radius 2 is 2.60 bits per heavy atom. The number of rotatable bonds is 4. The summed E-state index contributed by atoms with van der Waals surface area (Å²) in [7, 11) is 3.94. The monoisotopic (exact) mass is 209 g/mol. The maximum absolute atomic E-state index is 5.69. The standard InChI is InChI=1S/C11H19N3O/c1-12-10(11-4-3-7-15-11)8-9-5-6-14(2)13-9/h5-6,10-12H,3-4,7-8H2,1-2H3. The van der Waals surface area contributed by atoms with E-state index in [1.165, 1.54) is 12.8 Å². The van der Waals surface area contributed by atoms with Crippen LogP contribution in [0.15, 0.2) is 12.3 Å². The van der Waals surface area contributed by atoms with Crippen molar-refractivity contribution in [1.82, 2.24) is 15.1 Å². The molecule has 1 N–H and O–H groups in total. The van der Waals surface area contributed by atoms with Crippen LogP contribution in [0.5, 0.6) is 0 Å². The van der Waals surface area contributed by atoms with Gasteiger partial charge in [0.05, 0.1) is 11.8 Å². The van der Waals surface area contributed by atoms with Crippen LogP contribution in [0.25, 0.3) is 0 Å². The van der Waals surface area contributed by atoms with E-state index in [0.29, 0.717) is 12.1 Å². The van der Waals surface area contributed by atoms with E-state index >= 15 is 0 Å². The molecule has 4 nitrogen and oxygen atoms in total. The van der Waals surface area contributed by atoms with Gasteiger partial charge < -0.3 is 10.1 Å². The van der Waals surface area contributed by atoms with Crippen LogP contribution >= 0.6 is 0 Å². The number of aryl methyl sites for hydroxylation is 1. The Hall–Kier alpha value is -0.870. The summed E-state index contributed by atoms with van der Waals surface area (Å²) < 4.78 is 7.53. The average Bonchev–Trinajstić information content (AvgIpc) is 2.85. The van der Waals surface area contributed by atoms with E-state index in [-0.39, 0.29) is 0 Å². The molecule has 84 valence electrons. The molecule has 0 saturated carbocycles. The fourth-order valence-corrected chi connectivity index (χ4v) is 2.14. The lowest BCUT2D eigenvalue weighted by molar-refractivity contribution is 0.0805. The van der Waals surface area contributed by atoms with Gasteiger partial charge in [0, 0.05) is 32.3 Å². The lowest BCUT2D eigenvalue weighted by atomic mass is 10.0. The average molecular weight is 209 g/mol. The van der Waals surface area contributed by atoms with Gasteiger partial charge in [-0.05, 0) is 26.0 Å². The lowest BCUT2D eigenvalue weighted by Gasteiger charge is -2.21. The Morgan fingerprint density at radius 3 is 3.13 bits per heavy atom. The molecule has 0 aromatic carbocycles. The van der Waals surface area contributed by atoms with Gasteiger partial charge >= 0.3 is 0 Å². The van der Waals surface area contributed by atoms with Crippen LogP contribution in [0.4, 0.5) is 0 Å². The molecule has 1 saturated heterocycles. The summed E-state index contributed by atoms with van der Waals surface area (Å²) in [6.07, 6.45) is 5.64. The molecule has 1 fully saturated rings. The van der Waals surface area contributed by atoms with Gasteiger partial charge in [-0.25, -0.2) is 0 Å². The highest BCUT2D eigenvalue weighted by Crippen LogP contribution is 2.17. The first-order valence-electron chi connectivity index (χ1n) is 5.57. The highest BCUT2D eigenvalue weighted by molar-refractivity contribution is 5.02. The second kappa shape index (κ2) is 4.77. The molecule has 0 bridgehead atoms. The van der Waals surface area contributed by atoms with Gasteiger partial charge in [0.25, 0.3) is 0 Å². The van der Waals surface area contributed by atoms with Crippen LogP contribution in [0, 0.1) is 0 Å². The number of hydrogen-bond donors (Lipinski definition) is 1. The van der Waals surface area contributed by atoms with Crippen LogP contribution in [0.2, 0.25) is 0 Å². The minimum Gasteiger partial charge on any atom is -0.377 e. The molecule has 1 aromatic rings. The van der Waals surface area contributed by atoms with E-state index in [0.717, 1.165) is 18.7 Å². The first-order valence-corrected chi connectivity index (χ1v) is 5.57. The molecule has 2 atom stereocenters. The van der Waals surface area contributed by atoms with Crippen molar-refractivity contribution in [3.63, 3.8) is 0 Å². The highest BCUT2D eigenvalue weighted by atomic mass is 16.5. The Bertz CT molecular complexity index is 305. The molecule has 0 spiro atoms. The molecule has 0 aliphatic carbocycles. The van der Waals surface area contributed by atoms with Crippen LogP contribution in [0.1, 0.15) is 18.5 Å². The highest BCUT2D eigenvalue weighted by Gasteiger charge is 2.25. The van der Waals surface area contributed by atoms with Gasteiger partial charge in [0.2, 0.25) is 0 Å². The Morgan fingerprint density at radius 1 is 1.73 bits per heavy atom. The zero-order chi connectivity index (χ0) is 10.7. The van der Waals surface area contributed by atoms with E-state index in [4.69, 9.17) is 4.74 Å². The van der Waals surface area contributed by atoms with Crippen molar-refractivity contribution in [1.29, 1.82) is 0 Å². The van der Waals surface area contributed by atoms with Crippen LogP contribution in [0.3, 0.4) is 0 Å². The van der Waals surface area contributed by atoms with Gasteiger partial charge in [-0.2, -0.15) is 5.10 Å². The normalized spacial score (nSPS) is 23.2.